The third-order valence-electron chi connectivity index (χ3n) is 3.32. The maximum Gasteiger partial charge on any atom is 0.241 e. The Hall–Kier alpha value is -1.37. The van der Waals surface area contributed by atoms with Crippen molar-refractivity contribution >= 4 is 12.4 Å². The lowest BCUT2D eigenvalue weighted by atomic mass is 10.2. The maximum atomic E-state index is 5.74. The quantitative estimate of drug-likeness (QED) is 0.920. The first-order valence-electron chi connectivity index (χ1n) is 6.17. The molecule has 2 aromatic heterocycles. The molecule has 0 bridgehead atoms. The van der Waals surface area contributed by atoms with E-state index in [2.05, 4.69) is 15.0 Å². The lowest BCUT2D eigenvalue weighted by Crippen LogP contribution is -2.34. The van der Waals surface area contributed by atoms with E-state index in [1.807, 2.05) is 6.07 Å². The number of rotatable bonds is 4. The molecule has 3 heterocycles. The molecule has 0 spiro atoms. The molecular weight excluding hydrogens is 268 g/mol. The topological polar surface area (TPSA) is 81.3 Å². The zero-order valence-corrected chi connectivity index (χ0v) is 11.3. The van der Waals surface area contributed by atoms with Crippen LogP contribution in [0.1, 0.15) is 18.7 Å². The highest BCUT2D eigenvalue weighted by Crippen LogP contribution is 2.20. The Morgan fingerprint density at radius 3 is 3.11 bits per heavy atom. The van der Waals surface area contributed by atoms with Crippen molar-refractivity contribution in [2.45, 2.75) is 25.4 Å². The number of aromatic nitrogens is 2. The van der Waals surface area contributed by atoms with Gasteiger partial charge in [0.1, 0.15) is 0 Å². The molecule has 3 rings (SSSR count). The second-order valence-electron chi connectivity index (χ2n) is 4.49. The van der Waals surface area contributed by atoms with Crippen LogP contribution in [0.2, 0.25) is 0 Å². The second-order valence-corrected chi connectivity index (χ2v) is 4.49. The third kappa shape index (κ3) is 2.97. The Labute approximate surface area is 117 Å². The zero-order chi connectivity index (χ0) is 12.4. The Kier molecular flexibility index (Phi) is 4.57. The largest absolute Gasteiger partial charge is 0.461 e. The molecule has 1 unspecified atom stereocenters. The Morgan fingerprint density at radius 2 is 2.37 bits per heavy atom. The number of likely N-dealkylation sites (tertiary alicyclic amines) is 1. The number of furan rings is 1. The average Bonchev–Trinajstić information content (AvgIpc) is 3.10. The van der Waals surface area contributed by atoms with Gasteiger partial charge in [0.05, 0.1) is 12.8 Å². The molecule has 2 aromatic rings. The molecule has 1 atom stereocenters. The molecule has 1 aliphatic heterocycles. The van der Waals surface area contributed by atoms with Gasteiger partial charge in [0, 0.05) is 12.6 Å². The Balaban J connectivity index is 0.00000133. The summed E-state index contributed by atoms with van der Waals surface area (Å²) in [5.41, 5.74) is 5.74. The van der Waals surface area contributed by atoms with E-state index in [0.717, 1.165) is 13.0 Å². The van der Waals surface area contributed by atoms with Crippen molar-refractivity contribution < 1.29 is 8.94 Å². The smallest absolute Gasteiger partial charge is 0.241 e. The fourth-order valence-electron chi connectivity index (χ4n) is 2.37. The fourth-order valence-corrected chi connectivity index (χ4v) is 2.37. The summed E-state index contributed by atoms with van der Waals surface area (Å²) in [5.74, 6) is 1.74. The van der Waals surface area contributed by atoms with Crippen LogP contribution in [0.4, 0.5) is 0 Å². The molecule has 1 aliphatic rings. The van der Waals surface area contributed by atoms with Gasteiger partial charge >= 0.3 is 0 Å². The van der Waals surface area contributed by atoms with Crippen molar-refractivity contribution in [2.24, 2.45) is 5.73 Å². The summed E-state index contributed by atoms with van der Waals surface area (Å²) in [5, 5.41) is 3.91. The van der Waals surface area contributed by atoms with Crippen LogP contribution in [0.3, 0.4) is 0 Å². The van der Waals surface area contributed by atoms with Gasteiger partial charge in [-0.15, -0.1) is 12.4 Å². The van der Waals surface area contributed by atoms with Gasteiger partial charge in [0.2, 0.25) is 11.7 Å². The number of hydrogen-bond acceptors (Lipinski definition) is 6. The maximum absolute atomic E-state index is 5.74. The summed E-state index contributed by atoms with van der Waals surface area (Å²) in [7, 11) is 0. The predicted molar refractivity (Wildman–Crippen MR) is 71.7 cm³/mol. The molecule has 1 fully saturated rings. The third-order valence-corrected chi connectivity index (χ3v) is 3.32. The average molecular weight is 285 g/mol. The number of halogens is 1. The fraction of sp³-hybridized carbons (Fsp3) is 0.500. The molecule has 1 saturated heterocycles. The lowest BCUT2D eigenvalue weighted by molar-refractivity contribution is 0.214. The van der Waals surface area contributed by atoms with E-state index in [4.69, 9.17) is 14.7 Å². The molecule has 0 saturated carbocycles. The summed E-state index contributed by atoms with van der Waals surface area (Å²) in [6, 6.07) is 4.05. The van der Waals surface area contributed by atoms with Crippen LogP contribution in [0.5, 0.6) is 0 Å². The van der Waals surface area contributed by atoms with Crippen LogP contribution in [0.15, 0.2) is 27.3 Å². The van der Waals surface area contributed by atoms with Gasteiger partial charge in [-0.25, -0.2) is 0 Å². The zero-order valence-electron chi connectivity index (χ0n) is 10.5. The summed E-state index contributed by atoms with van der Waals surface area (Å²) in [6.07, 6.45) is 3.92. The van der Waals surface area contributed by atoms with Gasteiger partial charge in [-0.2, -0.15) is 4.98 Å². The molecule has 7 heteroatoms. The number of hydrogen-bond donors (Lipinski definition) is 1. The summed E-state index contributed by atoms with van der Waals surface area (Å²) < 4.78 is 10.5. The van der Waals surface area contributed by atoms with Gasteiger partial charge in [-0.1, -0.05) is 5.16 Å². The van der Waals surface area contributed by atoms with Gasteiger partial charge in [-0.3, -0.25) is 4.90 Å². The van der Waals surface area contributed by atoms with E-state index in [-0.39, 0.29) is 12.4 Å². The molecular formula is C12H17ClN4O2. The van der Waals surface area contributed by atoms with Gasteiger partial charge < -0.3 is 14.7 Å². The molecule has 104 valence electrons. The summed E-state index contributed by atoms with van der Waals surface area (Å²) in [6.45, 7) is 2.38. The molecule has 0 aromatic carbocycles. The molecule has 19 heavy (non-hydrogen) atoms. The van der Waals surface area contributed by atoms with E-state index in [0.29, 0.717) is 36.6 Å². The van der Waals surface area contributed by atoms with E-state index < -0.39 is 0 Å². The van der Waals surface area contributed by atoms with Crippen molar-refractivity contribution in [3.05, 3.63) is 24.3 Å². The minimum Gasteiger partial charge on any atom is -0.461 e. The monoisotopic (exact) mass is 284 g/mol. The first kappa shape index (κ1) is 14.0. The molecule has 6 nitrogen and oxygen atoms in total. The standard InChI is InChI=1S/C12H16N4O2.ClH/c13-7-9-3-1-5-16(9)8-11-14-12(15-18-11)10-4-2-6-17-10;/h2,4,6,9H,1,3,5,7-8,13H2;1H. The highest BCUT2D eigenvalue weighted by Gasteiger charge is 2.25. The molecule has 0 amide bonds. The summed E-state index contributed by atoms with van der Waals surface area (Å²) >= 11 is 0. The van der Waals surface area contributed by atoms with Crippen LogP contribution in [0.25, 0.3) is 11.6 Å². The second kappa shape index (κ2) is 6.18. The van der Waals surface area contributed by atoms with Crippen LogP contribution in [0, 0.1) is 0 Å². The van der Waals surface area contributed by atoms with Crippen molar-refractivity contribution in [1.82, 2.24) is 15.0 Å². The lowest BCUT2D eigenvalue weighted by Gasteiger charge is -2.20. The number of nitrogens with zero attached hydrogens (tertiary/aromatic N) is 3. The van der Waals surface area contributed by atoms with Crippen molar-refractivity contribution in [3.63, 3.8) is 0 Å². The van der Waals surface area contributed by atoms with Gasteiger partial charge in [0.15, 0.2) is 5.76 Å². The normalized spacial score (nSPS) is 19.5. The SMILES string of the molecule is Cl.NCC1CCCN1Cc1nc(-c2ccco2)no1. The van der Waals surface area contributed by atoms with E-state index in [9.17, 15) is 0 Å². The Morgan fingerprint density at radius 1 is 1.47 bits per heavy atom. The van der Waals surface area contributed by atoms with Crippen LogP contribution in [-0.4, -0.2) is 34.2 Å². The predicted octanol–water partition coefficient (Wildman–Crippen LogP) is 1.67. The van der Waals surface area contributed by atoms with Crippen LogP contribution in [-0.2, 0) is 6.54 Å². The van der Waals surface area contributed by atoms with Crippen molar-refractivity contribution in [2.75, 3.05) is 13.1 Å². The van der Waals surface area contributed by atoms with Gasteiger partial charge in [-0.05, 0) is 31.5 Å². The highest BCUT2D eigenvalue weighted by molar-refractivity contribution is 5.85. The van der Waals surface area contributed by atoms with Crippen LogP contribution < -0.4 is 5.73 Å². The van der Waals surface area contributed by atoms with Crippen molar-refractivity contribution in [1.29, 1.82) is 0 Å². The first-order chi connectivity index (χ1) is 8.86. The minimum absolute atomic E-state index is 0. The Bertz CT molecular complexity index is 500. The summed E-state index contributed by atoms with van der Waals surface area (Å²) in [4.78, 5) is 6.62. The van der Waals surface area contributed by atoms with Crippen molar-refractivity contribution in [3.8, 4) is 11.6 Å². The van der Waals surface area contributed by atoms with E-state index in [1.165, 1.54) is 6.42 Å². The van der Waals surface area contributed by atoms with Crippen LogP contribution >= 0.6 is 12.4 Å². The van der Waals surface area contributed by atoms with Gasteiger partial charge in [0.25, 0.3) is 0 Å². The molecule has 0 aliphatic carbocycles. The number of nitrogens with two attached hydrogens (primary N) is 1. The van der Waals surface area contributed by atoms with E-state index >= 15 is 0 Å². The highest BCUT2D eigenvalue weighted by atomic mass is 35.5. The van der Waals surface area contributed by atoms with E-state index in [1.54, 1.807) is 12.3 Å². The molecule has 2 N–H and O–H groups in total. The minimum atomic E-state index is 0. The molecule has 0 radical (unpaired) electrons. The first-order valence-corrected chi connectivity index (χ1v) is 6.17.